The van der Waals surface area contributed by atoms with Crippen molar-refractivity contribution in [2.24, 2.45) is 4.99 Å². The number of likely N-dealkylation sites (N-methyl/N-ethyl adjacent to an activating group) is 1. The number of aliphatic hydroxyl groups is 1. The third-order valence-electron chi connectivity index (χ3n) is 3.62. The van der Waals surface area contributed by atoms with Crippen molar-refractivity contribution in [2.45, 2.75) is 39.2 Å². The van der Waals surface area contributed by atoms with E-state index in [4.69, 9.17) is 4.42 Å². The van der Waals surface area contributed by atoms with E-state index in [9.17, 15) is 5.11 Å². The maximum Gasteiger partial charge on any atom is 0.191 e. The second-order valence-electron chi connectivity index (χ2n) is 6.03. The summed E-state index contributed by atoms with van der Waals surface area (Å²) in [4.78, 5) is 6.77. The fraction of sp³-hybridized carbons (Fsp3) is 0.706. The highest BCUT2D eigenvalue weighted by Gasteiger charge is 2.25. The summed E-state index contributed by atoms with van der Waals surface area (Å²) < 4.78 is 5.27. The Bertz CT molecular complexity index is 443. The van der Waals surface area contributed by atoms with Gasteiger partial charge in [0.25, 0.3) is 0 Å². The van der Waals surface area contributed by atoms with Crippen LogP contribution in [-0.2, 0) is 5.60 Å². The van der Waals surface area contributed by atoms with Crippen LogP contribution in [0.5, 0.6) is 0 Å². The average molecular weight is 324 g/mol. The van der Waals surface area contributed by atoms with Crippen LogP contribution in [0.4, 0.5) is 0 Å². The highest BCUT2D eigenvalue weighted by atomic mass is 16.4. The normalized spacial score (nSPS) is 14.8. The van der Waals surface area contributed by atoms with E-state index in [-0.39, 0.29) is 6.54 Å². The molecule has 0 saturated heterocycles. The minimum Gasteiger partial charge on any atom is -0.466 e. The third-order valence-corrected chi connectivity index (χ3v) is 3.62. The molecule has 1 aromatic rings. The van der Waals surface area contributed by atoms with Crippen molar-refractivity contribution in [1.29, 1.82) is 0 Å². The van der Waals surface area contributed by atoms with Crippen molar-refractivity contribution in [1.82, 2.24) is 15.5 Å². The predicted molar refractivity (Wildman–Crippen MR) is 94.7 cm³/mol. The van der Waals surface area contributed by atoms with Gasteiger partial charge in [-0.2, -0.15) is 0 Å². The number of hydrogen-bond acceptors (Lipinski definition) is 4. The smallest absolute Gasteiger partial charge is 0.191 e. The van der Waals surface area contributed by atoms with Crippen molar-refractivity contribution < 1.29 is 9.52 Å². The van der Waals surface area contributed by atoms with Gasteiger partial charge in [-0.25, -0.2) is 4.99 Å². The van der Waals surface area contributed by atoms with Crippen LogP contribution < -0.4 is 10.6 Å². The first-order valence-corrected chi connectivity index (χ1v) is 8.46. The van der Waals surface area contributed by atoms with Gasteiger partial charge in [0.05, 0.1) is 12.8 Å². The molecule has 0 saturated carbocycles. The van der Waals surface area contributed by atoms with Gasteiger partial charge in [0.15, 0.2) is 5.96 Å². The minimum atomic E-state index is -1.11. The first-order chi connectivity index (χ1) is 11.0. The maximum absolute atomic E-state index is 10.4. The van der Waals surface area contributed by atoms with Crippen LogP contribution in [0.15, 0.2) is 27.8 Å². The lowest BCUT2D eigenvalue weighted by atomic mass is 10.0. The molecule has 0 spiro atoms. The molecule has 0 radical (unpaired) electrons. The molecule has 0 fully saturated rings. The van der Waals surface area contributed by atoms with Crippen molar-refractivity contribution in [3.63, 3.8) is 0 Å². The molecule has 6 heteroatoms. The van der Waals surface area contributed by atoms with E-state index in [0.29, 0.717) is 11.7 Å². The summed E-state index contributed by atoms with van der Waals surface area (Å²) in [5, 5.41) is 16.9. The molecular formula is C17H32N4O2. The molecule has 0 amide bonds. The molecular weight excluding hydrogens is 292 g/mol. The number of furan rings is 1. The van der Waals surface area contributed by atoms with Gasteiger partial charge in [0.2, 0.25) is 0 Å². The number of aliphatic imine (C=N–C) groups is 1. The topological polar surface area (TPSA) is 73.0 Å². The second-order valence-corrected chi connectivity index (χ2v) is 6.03. The summed E-state index contributed by atoms with van der Waals surface area (Å²) in [6, 6.07) is 3.53. The molecule has 132 valence electrons. The molecule has 1 atom stereocenters. The van der Waals surface area contributed by atoms with E-state index in [1.54, 1.807) is 25.3 Å². The molecule has 0 bridgehead atoms. The lowest BCUT2D eigenvalue weighted by Crippen LogP contribution is -2.42. The van der Waals surface area contributed by atoms with Crippen LogP contribution in [0.1, 0.15) is 39.4 Å². The van der Waals surface area contributed by atoms with Crippen LogP contribution in [0, 0.1) is 0 Å². The Labute approximate surface area is 140 Å². The zero-order valence-electron chi connectivity index (χ0n) is 14.9. The van der Waals surface area contributed by atoms with Crippen LogP contribution >= 0.6 is 0 Å². The Morgan fingerprint density at radius 2 is 2.13 bits per heavy atom. The van der Waals surface area contributed by atoms with E-state index in [1.807, 2.05) is 6.92 Å². The van der Waals surface area contributed by atoms with Crippen molar-refractivity contribution >= 4 is 5.96 Å². The van der Waals surface area contributed by atoms with E-state index in [1.165, 1.54) is 12.8 Å². The SMILES string of the molecule is CCCCN(C)CCNC(=NCC(C)(O)c1ccco1)NCC. The first-order valence-electron chi connectivity index (χ1n) is 8.46. The molecule has 0 aromatic carbocycles. The monoisotopic (exact) mass is 324 g/mol. The van der Waals surface area contributed by atoms with E-state index in [2.05, 4.69) is 34.5 Å². The van der Waals surface area contributed by atoms with Gasteiger partial charge in [-0.15, -0.1) is 0 Å². The van der Waals surface area contributed by atoms with Crippen molar-refractivity contribution in [3.05, 3.63) is 24.2 Å². The molecule has 1 aromatic heterocycles. The molecule has 0 aliphatic rings. The van der Waals surface area contributed by atoms with Gasteiger partial charge in [-0.05, 0) is 46.0 Å². The number of guanidine groups is 1. The minimum absolute atomic E-state index is 0.238. The Kier molecular flexibility index (Phi) is 8.73. The summed E-state index contributed by atoms with van der Waals surface area (Å²) >= 11 is 0. The van der Waals surface area contributed by atoms with Gasteiger partial charge in [0, 0.05) is 19.6 Å². The van der Waals surface area contributed by atoms with Gasteiger partial charge in [-0.3, -0.25) is 0 Å². The molecule has 1 unspecified atom stereocenters. The quantitative estimate of drug-likeness (QED) is 0.452. The molecule has 6 nitrogen and oxygen atoms in total. The Hall–Kier alpha value is -1.53. The molecule has 3 N–H and O–H groups in total. The van der Waals surface area contributed by atoms with Crippen LogP contribution in [0.3, 0.4) is 0 Å². The number of nitrogens with one attached hydrogen (secondary N) is 2. The third kappa shape index (κ3) is 7.52. The van der Waals surface area contributed by atoms with E-state index in [0.717, 1.165) is 26.2 Å². The van der Waals surface area contributed by atoms with Crippen LogP contribution in [-0.4, -0.2) is 55.7 Å². The van der Waals surface area contributed by atoms with Gasteiger partial charge >= 0.3 is 0 Å². The fourth-order valence-electron chi connectivity index (χ4n) is 2.14. The summed E-state index contributed by atoms with van der Waals surface area (Å²) in [5.74, 6) is 1.24. The van der Waals surface area contributed by atoms with Crippen molar-refractivity contribution in [2.75, 3.05) is 39.8 Å². The standard InChI is InChI=1S/C17H32N4O2/c1-5-7-11-21(4)12-10-19-16(18-6-2)20-14-17(3,22)15-9-8-13-23-15/h8-9,13,22H,5-7,10-12,14H2,1-4H3,(H2,18,19,20). The second kappa shape index (κ2) is 10.3. The Balaban J connectivity index is 2.47. The summed E-state index contributed by atoms with van der Waals surface area (Å²) in [6.07, 6.45) is 3.99. The molecule has 0 aliphatic carbocycles. The van der Waals surface area contributed by atoms with Gasteiger partial charge in [0.1, 0.15) is 11.4 Å². The van der Waals surface area contributed by atoms with Crippen LogP contribution in [0.25, 0.3) is 0 Å². The zero-order chi connectivity index (χ0) is 17.1. The molecule has 1 heterocycles. The van der Waals surface area contributed by atoms with Gasteiger partial charge in [-0.1, -0.05) is 13.3 Å². The van der Waals surface area contributed by atoms with Crippen molar-refractivity contribution in [3.8, 4) is 0 Å². The largest absolute Gasteiger partial charge is 0.466 e. The number of hydrogen-bond donors (Lipinski definition) is 3. The summed E-state index contributed by atoms with van der Waals surface area (Å²) in [6.45, 7) is 9.83. The molecule has 0 aliphatic heterocycles. The van der Waals surface area contributed by atoms with E-state index >= 15 is 0 Å². The number of unbranched alkanes of at least 4 members (excludes halogenated alkanes) is 1. The van der Waals surface area contributed by atoms with Gasteiger partial charge < -0.3 is 25.1 Å². The highest BCUT2D eigenvalue weighted by Crippen LogP contribution is 2.20. The summed E-state index contributed by atoms with van der Waals surface area (Å²) in [5.41, 5.74) is -1.11. The lowest BCUT2D eigenvalue weighted by Gasteiger charge is -2.20. The maximum atomic E-state index is 10.4. The lowest BCUT2D eigenvalue weighted by molar-refractivity contribution is 0.0437. The summed E-state index contributed by atoms with van der Waals surface area (Å²) in [7, 11) is 2.13. The zero-order valence-corrected chi connectivity index (χ0v) is 14.9. The number of rotatable bonds is 10. The Morgan fingerprint density at radius 1 is 1.35 bits per heavy atom. The first kappa shape index (κ1) is 19.5. The molecule has 1 rings (SSSR count). The Morgan fingerprint density at radius 3 is 2.74 bits per heavy atom. The molecule has 23 heavy (non-hydrogen) atoms. The van der Waals surface area contributed by atoms with E-state index < -0.39 is 5.60 Å². The highest BCUT2D eigenvalue weighted by molar-refractivity contribution is 5.79. The average Bonchev–Trinajstić information content (AvgIpc) is 3.06. The number of nitrogens with zero attached hydrogens (tertiary/aromatic N) is 2. The predicted octanol–water partition coefficient (Wildman–Crippen LogP) is 1.77. The fourth-order valence-corrected chi connectivity index (χ4v) is 2.14. The van der Waals surface area contributed by atoms with Crippen LogP contribution in [0.2, 0.25) is 0 Å².